The topological polar surface area (TPSA) is 38.3 Å². The van der Waals surface area contributed by atoms with Gasteiger partial charge in [0.15, 0.2) is 18.2 Å². The summed E-state index contributed by atoms with van der Waals surface area (Å²) >= 11 is 3.33. The molecule has 2 rings (SSSR count). The molecule has 0 spiro atoms. The van der Waals surface area contributed by atoms with Crippen LogP contribution in [-0.4, -0.2) is 12.5 Å². The van der Waals surface area contributed by atoms with Crippen molar-refractivity contribution in [2.45, 2.75) is 6.92 Å². The Morgan fingerprint density at radius 2 is 2.00 bits per heavy atom. The fraction of sp³-hybridized carbons (Fsp3) is 0.133. The summed E-state index contributed by atoms with van der Waals surface area (Å²) in [5.41, 5.74) is 1.12. The van der Waals surface area contributed by atoms with Crippen molar-refractivity contribution in [1.82, 2.24) is 0 Å². The van der Waals surface area contributed by atoms with E-state index in [-0.39, 0.29) is 18.3 Å². The van der Waals surface area contributed by atoms with Crippen LogP contribution in [0.1, 0.15) is 5.56 Å². The van der Waals surface area contributed by atoms with Crippen molar-refractivity contribution in [3.05, 3.63) is 58.3 Å². The van der Waals surface area contributed by atoms with Crippen molar-refractivity contribution in [2.75, 3.05) is 11.9 Å². The van der Waals surface area contributed by atoms with Gasteiger partial charge >= 0.3 is 0 Å². The Balaban J connectivity index is 1.96. The number of halogens is 2. The zero-order valence-corrected chi connectivity index (χ0v) is 12.4. The fourth-order valence-electron chi connectivity index (χ4n) is 1.62. The third-order valence-electron chi connectivity index (χ3n) is 2.66. The number of rotatable bonds is 4. The minimum Gasteiger partial charge on any atom is -0.481 e. The van der Waals surface area contributed by atoms with Gasteiger partial charge in [-0.25, -0.2) is 4.39 Å². The second kappa shape index (κ2) is 6.52. The van der Waals surface area contributed by atoms with E-state index in [2.05, 4.69) is 21.2 Å². The maximum atomic E-state index is 13.7. The van der Waals surface area contributed by atoms with Gasteiger partial charge in [-0.2, -0.15) is 0 Å². The van der Waals surface area contributed by atoms with Gasteiger partial charge in [0.1, 0.15) is 0 Å². The number of hydrogen-bond acceptors (Lipinski definition) is 2. The Bertz CT molecular complexity index is 631. The van der Waals surface area contributed by atoms with Crippen LogP contribution >= 0.6 is 15.9 Å². The van der Waals surface area contributed by atoms with Crippen molar-refractivity contribution in [3.8, 4) is 5.75 Å². The standard InChI is InChI=1S/C15H13BrFNO2/c1-10-5-4-8-13(15(10)17)20-9-14(19)18-12-7-3-2-6-11(12)16/h2-8H,9H2,1H3,(H,18,19). The molecule has 2 aromatic carbocycles. The van der Waals surface area contributed by atoms with Crippen LogP contribution in [0.15, 0.2) is 46.9 Å². The molecule has 1 N–H and O–H groups in total. The zero-order valence-electron chi connectivity index (χ0n) is 10.8. The lowest BCUT2D eigenvalue weighted by Crippen LogP contribution is -2.20. The molecule has 20 heavy (non-hydrogen) atoms. The number of para-hydroxylation sites is 1. The average Bonchev–Trinajstić information content (AvgIpc) is 2.43. The van der Waals surface area contributed by atoms with Crippen LogP contribution in [0.3, 0.4) is 0 Å². The predicted molar refractivity (Wildman–Crippen MR) is 79.4 cm³/mol. The first-order chi connectivity index (χ1) is 9.58. The zero-order chi connectivity index (χ0) is 14.5. The van der Waals surface area contributed by atoms with E-state index in [9.17, 15) is 9.18 Å². The summed E-state index contributed by atoms with van der Waals surface area (Å²) in [4.78, 5) is 11.8. The van der Waals surface area contributed by atoms with Gasteiger partial charge < -0.3 is 10.1 Å². The summed E-state index contributed by atoms with van der Waals surface area (Å²) in [7, 11) is 0. The molecule has 0 heterocycles. The average molecular weight is 338 g/mol. The number of hydrogen-bond donors (Lipinski definition) is 1. The smallest absolute Gasteiger partial charge is 0.262 e. The van der Waals surface area contributed by atoms with E-state index in [1.807, 2.05) is 12.1 Å². The molecule has 0 radical (unpaired) electrons. The minimum atomic E-state index is -0.443. The molecular formula is C15H13BrFNO2. The van der Waals surface area contributed by atoms with Crippen LogP contribution in [-0.2, 0) is 4.79 Å². The summed E-state index contributed by atoms with van der Waals surface area (Å²) in [6.07, 6.45) is 0. The highest BCUT2D eigenvalue weighted by molar-refractivity contribution is 9.10. The Morgan fingerprint density at radius 3 is 2.75 bits per heavy atom. The molecule has 0 saturated carbocycles. The Morgan fingerprint density at radius 1 is 1.25 bits per heavy atom. The van der Waals surface area contributed by atoms with Gasteiger partial charge in [-0.1, -0.05) is 24.3 Å². The number of amides is 1. The molecule has 1 amide bonds. The highest BCUT2D eigenvalue weighted by Gasteiger charge is 2.09. The van der Waals surface area contributed by atoms with Crippen molar-refractivity contribution >= 4 is 27.5 Å². The van der Waals surface area contributed by atoms with E-state index in [4.69, 9.17) is 4.74 Å². The summed E-state index contributed by atoms with van der Waals surface area (Å²) in [6, 6.07) is 12.0. The largest absolute Gasteiger partial charge is 0.481 e. The van der Waals surface area contributed by atoms with E-state index in [1.54, 1.807) is 31.2 Å². The van der Waals surface area contributed by atoms with Gasteiger partial charge in [-0.3, -0.25) is 4.79 Å². The molecule has 0 aromatic heterocycles. The van der Waals surface area contributed by atoms with E-state index in [0.29, 0.717) is 11.3 Å². The summed E-state index contributed by atoms with van der Waals surface area (Å²) in [6.45, 7) is 1.39. The minimum absolute atomic E-state index is 0.0762. The van der Waals surface area contributed by atoms with Gasteiger partial charge in [0.25, 0.3) is 5.91 Å². The van der Waals surface area contributed by atoms with E-state index in [0.717, 1.165) is 4.47 Å². The molecule has 0 unspecified atom stereocenters. The Hall–Kier alpha value is -1.88. The van der Waals surface area contributed by atoms with Crippen LogP contribution in [0.25, 0.3) is 0 Å². The first kappa shape index (κ1) is 14.5. The molecule has 3 nitrogen and oxygen atoms in total. The van der Waals surface area contributed by atoms with Gasteiger partial charge in [-0.15, -0.1) is 0 Å². The molecule has 2 aromatic rings. The van der Waals surface area contributed by atoms with E-state index in [1.165, 1.54) is 6.07 Å². The van der Waals surface area contributed by atoms with Gasteiger partial charge in [0, 0.05) is 4.47 Å². The van der Waals surface area contributed by atoms with E-state index >= 15 is 0 Å². The Kier molecular flexibility index (Phi) is 4.74. The van der Waals surface area contributed by atoms with Crippen molar-refractivity contribution in [1.29, 1.82) is 0 Å². The highest BCUT2D eigenvalue weighted by Crippen LogP contribution is 2.22. The first-order valence-electron chi connectivity index (χ1n) is 6.00. The normalized spacial score (nSPS) is 10.2. The molecule has 0 saturated heterocycles. The number of carbonyl (C=O) groups is 1. The molecule has 0 aliphatic rings. The molecule has 5 heteroatoms. The van der Waals surface area contributed by atoms with Crippen molar-refractivity contribution < 1.29 is 13.9 Å². The third-order valence-corrected chi connectivity index (χ3v) is 3.35. The lowest BCUT2D eigenvalue weighted by atomic mass is 10.2. The van der Waals surface area contributed by atoms with Crippen molar-refractivity contribution in [3.63, 3.8) is 0 Å². The Labute approximate surface area is 124 Å². The first-order valence-corrected chi connectivity index (χ1v) is 6.79. The quantitative estimate of drug-likeness (QED) is 0.918. The number of benzene rings is 2. The molecule has 0 aliphatic heterocycles. The van der Waals surface area contributed by atoms with Crippen LogP contribution in [0.2, 0.25) is 0 Å². The number of anilines is 1. The lowest BCUT2D eigenvalue weighted by molar-refractivity contribution is -0.118. The maximum absolute atomic E-state index is 13.7. The number of ether oxygens (including phenoxy) is 1. The molecule has 0 aliphatic carbocycles. The molecular weight excluding hydrogens is 325 g/mol. The summed E-state index contributed by atoms with van der Waals surface area (Å²) < 4.78 is 19.6. The molecule has 0 bridgehead atoms. The number of carbonyl (C=O) groups excluding carboxylic acids is 1. The van der Waals surface area contributed by atoms with Crippen LogP contribution in [0.4, 0.5) is 10.1 Å². The number of aryl methyl sites for hydroxylation is 1. The molecule has 0 atom stereocenters. The van der Waals surface area contributed by atoms with Gasteiger partial charge in [0.05, 0.1) is 5.69 Å². The predicted octanol–water partition coefficient (Wildman–Crippen LogP) is 3.91. The summed E-state index contributed by atoms with van der Waals surface area (Å²) in [5.74, 6) is -0.716. The van der Waals surface area contributed by atoms with Crippen molar-refractivity contribution in [2.24, 2.45) is 0 Å². The maximum Gasteiger partial charge on any atom is 0.262 e. The van der Waals surface area contributed by atoms with E-state index < -0.39 is 5.82 Å². The third kappa shape index (κ3) is 3.57. The van der Waals surface area contributed by atoms with Crippen LogP contribution < -0.4 is 10.1 Å². The summed E-state index contributed by atoms with van der Waals surface area (Å²) in [5, 5.41) is 2.68. The van der Waals surface area contributed by atoms with Crippen LogP contribution in [0.5, 0.6) is 5.75 Å². The lowest BCUT2D eigenvalue weighted by Gasteiger charge is -2.10. The SMILES string of the molecule is Cc1cccc(OCC(=O)Nc2ccccc2Br)c1F. The van der Waals surface area contributed by atoms with Crippen LogP contribution in [0, 0.1) is 12.7 Å². The van der Waals surface area contributed by atoms with Gasteiger partial charge in [-0.05, 0) is 46.6 Å². The molecule has 0 fully saturated rings. The second-order valence-electron chi connectivity index (χ2n) is 4.20. The second-order valence-corrected chi connectivity index (χ2v) is 5.06. The van der Waals surface area contributed by atoms with Gasteiger partial charge in [0.2, 0.25) is 0 Å². The molecule has 104 valence electrons. The highest BCUT2D eigenvalue weighted by atomic mass is 79.9. The number of nitrogens with one attached hydrogen (secondary N) is 1. The monoisotopic (exact) mass is 337 g/mol. The fourth-order valence-corrected chi connectivity index (χ4v) is 2.01.